The molecule has 1 aliphatic rings. The van der Waals surface area contributed by atoms with Crippen molar-refractivity contribution >= 4 is 41.6 Å². The highest BCUT2D eigenvalue weighted by Crippen LogP contribution is 2.32. The van der Waals surface area contributed by atoms with Gasteiger partial charge < -0.3 is 4.90 Å². The first kappa shape index (κ1) is 15.7. The molecule has 2 rings (SSSR count). The number of halogens is 3. The summed E-state index contributed by atoms with van der Waals surface area (Å²) in [6, 6.07) is 2.28. The van der Waals surface area contributed by atoms with E-state index in [1.165, 1.54) is 0 Å². The summed E-state index contributed by atoms with van der Waals surface area (Å²) in [6.45, 7) is 2.31. The van der Waals surface area contributed by atoms with Crippen LogP contribution in [0.2, 0.25) is 0 Å². The van der Waals surface area contributed by atoms with Gasteiger partial charge in [-0.2, -0.15) is 0 Å². The van der Waals surface area contributed by atoms with Gasteiger partial charge in [0, 0.05) is 28.8 Å². The number of carbonyl (C=O) groups is 1. The lowest BCUT2D eigenvalue weighted by molar-refractivity contribution is 0.0751. The molecule has 0 bridgehead atoms. The first-order chi connectivity index (χ1) is 9.25. The summed E-state index contributed by atoms with van der Waals surface area (Å²) in [4.78, 5) is 13.5. The normalized spacial score (nSPS) is 15.2. The zero-order chi connectivity index (χ0) is 15.1. The number of hydrogen-bond acceptors (Lipinski definition) is 3. The molecule has 1 amide bonds. The minimum atomic E-state index is -4.13. The Kier molecular flexibility index (Phi) is 4.41. The van der Waals surface area contributed by atoms with Gasteiger partial charge in [0.05, 0.1) is 4.47 Å². The van der Waals surface area contributed by atoms with Crippen molar-refractivity contribution in [1.82, 2.24) is 4.90 Å². The topological polar surface area (TPSA) is 54.5 Å². The van der Waals surface area contributed by atoms with Crippen molar-refractivity contribution in [2.45, 2.75) is 30.7 Å². The van der Waals surface area contributed by atoms with Crippen LogP contribution in [0.3, 0.4) is 0 Å². The molecule has 1 aromatic rings. The fraction of sp³-hybridized carbons (Fsp3) is 0.417. The van der Waals surface area contributed by atoms with Crippen LogP contribution in [0, 0.1) is 5.82 Å². The Morgan fingerprint density at radius 3 is 2.55 bits per heavy atom. The van der Waals surface area contributed by atoms with E-state index in [2.05, 4.69) is 15.9 Å². The Morgan fingerprint density at radius 2 is 2.10 bits per heavy atom. The van der Waals surface area contributed by atoms with Gasteiger partial charge in [-0.3, -0.25) is 4.79 Å². The van der Waals surface area contributed by atoms with Crippen molar-refractivity contribution < 1.29 is 17.6 Å². The van der Waals surface area contributed by atoms with E-state index in [4.69, 9.17) is 10.7 Å². The van der Waals surface area contributed by atoms with Crippen LogP contribution in [-0.4, -0.2) is 31.8 Å². The van der Waals surface area contributed by atoms with E-state index in [1.54, 1.807) is 4.90 Å². The molecule has 4 nitrogen and oxygen atoms in total. The summed E-state index contributed by atoms with van der Waals surface area (Å²) in [6.07, 6.45) is 1.83. The van der Waals surface area contributed by atoms with E-state index < -0.39 is 19.8 Å². The average molecular weight is 385 g/mol. The Labute approximate surface area is 129 Å². The summed E-state index contributed by atoms with van der Waals surface area (Å²) in [5.41, 5.74) is -0.0151. The lowest BCUT2D eigenvalue weighted by Crippen LogP contribution is -2.33. The molecular formula is C12H12BrClFNO3S. The van der Waals surface area contributed by atoms with E-state index in [-0.39, 0.29) is 22.0 Å². The minimum absolute atomic E-state index is 0.0151. The molecule has 0 aromatic heterocycles. The van der Waals surface area contributed by atoms with E-state index in [9.17, 15) is 17.6 Å². The molecule has 0 atom stereocenters. The molecule has 20 heavy (non-hydrogen) atoms. The molecule has 0 radical (unpaired) electrons. The van der Waals surface area contributed by atoms with Crippen LogP contribution >= 0.6 is 26.6 Å². The van der Waals surface area contributed by atoms with Gasteiger partial charge in [-0.15, -0.1) is 0 Å². The van der Waals surface area contributed by atoms with Crippen molar-refractivity contribution in [2.75, 3.05) is 6.54 Å². The monoisotopic (exact) mass is 383 g/mol. The third kappa shape index (κ3) is 3.15. The fourth-order valence-electron chi connectivity index (χ4n) is 1.98. The van der Waals surface area contributed by atoms with Gasteiger partial charge in [0.1, 0.15) is 10.7 Å². The SMILES string of the molecule is CCN(C(=O)c1cc(F)c(Br)c(S(=O)(=O)Cl)c1)C1CC1. The van der Waals surface area contributed by atoms with Gasteiger partial charge in [-0.05, 0) is 47.8 Å². The molecular weight excluding hydrogens is 373 g/mol. The average Bonchev–Trinajstić information content (AvgIpc) is 3.16. The van der Waals surface area contributed by atoms with Gasteiger partial charge in [-0.25, -0.2) is 12.8 Å². The molecule has 1 aliphatic carbocycles. The predicted octanol–water partition coefficient (Wildman–Crippen LogP) is 3.14. The van der Waals surface area contributed by atoms with Crippen LogP contribution in [0.25, 0.3) is 0 Å². The third-order valence-corrected chi connectivity index (χ3v) is 5.51. The van der Waals surface area contributed by atoms with Crippen molar-refractivity contribution in [1.29, 1.82) is 0 Å². The molecule has 0 unspecified atom stereocenters. The van der Waals surface area contributed by atoms with Crippen molar-refractivity contribution in [3.63, 3.8) is 0 Å². The van der Waals surface area contributed by atoms with Crippen LogP contribution in [-0.2, 0) is 9.05 Å². The Hall–Kier alpha value is -0.660. The molecule has 0 N–H and O–H groups in total. The second-order valence-corrected chi connectivity index (χ2v) is 7.86. The lowest BCUT2D eigenvalue weighted by Gasteiger charge is -2.20. The standard InChI is InChI=1S/C12H12BrClFNO3S/c1-2-16(8-3-4-8)12(17)7-5-9(15)11(13)10(6-7)20(14,18)19/h5-6,8H,2-4H2,1H3. The molecule has 0 heterocycles. The molecule has 1 aromatic carbocycles. The zero-order valence-corrected chi connectivity index (χ0v) is 13.7. The second kappa shape index (κ2) is 5.61. The van der Waals surface area contributed by atoms with Crippen LogP contribution < -0.4 is 0 Å². The molecule has 0 spiro atoms. The first-order valence-corrected chi connectivity index (χ1v) is 9.10. The number of hydrogen-bond donors (Lipinski definition) is 0. The number of carbonyl (C=O) groups excluding carboxylic acids is 1. The highest BCUT2D eigenvalue weighted by molar-refractivity contribution is 9.10. The Balaban J connectivity index is 2.47. The Bertz CT molecular complexity index is 661. The van der Waals surface area contributed by atoms with Crippen molar-refractivity contribution in [2.24, 2.45) is 0 Å². The number of nitrogens with zero attached hydrogens (tertiary/aromatic N) is 1. The quantitative estimate of drug-likeness (QED) is 0.749. The lowest BCUT2D eigenvalue weighted by atomic mass is 10.2. The Morgan fingerprint density at radius 1 is 1.50 bits per heavy atom. The maximum atomic E-state index is 13.8. The van der Waals surface area contributed by atoms with Gasteiger partial charge in [0.25, 0.3) is 15.0 Å². The molecule has 0 aliphatic heterocycles. The second-order valence-electron chi connectivity index (χ2n) is 4.53. The minimum Gasteiger partial charge on any atom is -0.336 e. The third-order valence-electron chi connectivity index (χ3n) is 3.09. The highest BCUT2D eigenvalue weighted by atomic mass is 79.9. The van der Waals surface area contributed by atoms with Crippen LogP contribution in [0.5, 0.6) is 0 Å². The van der Waals surface area contributed by atoms with Crippen molar-refractivity contribution in [3.8, 4) is 0 Å². The van der Waals surface area contributed by atoms with Gasteiger partial charge in [-0.1, -0.05) is 0 Å². The van der Waals surface area contributed by atoms with E-state index >= 15 is 0 Å². The predicted molar refractivity (Wildman–Crippen MR) is 76.9 cm³/mol. The van der Waals surface area contributed by atoms with E-state index in [1.807, 2.05) is 6.92 Å². The van der Waals surface area contributed by atoms with Crippen LogP contribution in [0.15, 0.2) is 21.5 Å². The highest BCUT2D eigenvalue weighted by Gasteiger charge is 2.33. The molecule has 8 heteroatoms. The number of benzene rings is 1. The number of rotatable bonds is 4. The van der Waals surface area contributed by atoms with Gasteiger partial charge in [0.15, 0.2) is 0 Å². The summed E-state index contributed by atoms with van der Waals surface area (Å²) < 4.78 is 36.3. The summed E-state index contributed by atoms with van der Waals surface area (Å²) >= 11 is 2.83. The van der Waals surface area contributed by atoms with Gasteiger partial charge in [0.2, 0.25) is 0 Å². The fourth-order valence-corrected chi connectivity index (χ4v) is 4.08. The van der Waals surface area contributed by atoms with Crippen LogP contribution in [0.4, 0.5) is 4.39 Å². The maximum absolute atomic E-state index is 13.8. The largest absolute Gasteiger partial charge is 0.336 e. The van der Waals surface area contributed by atoms with Crippen molar-refractivity contribution in [3.05, 3.63) is 28.0 Å². The van der Waals surface area contributed by atoms with Crippen LogP contribution in [0.1, 0.15) is 30.1 Å². The first-order valence-electron chi connectivity index (χ1n) is 6.00. The molecule has 1 fully saturated rings. The van der Waals surface area contributed by atoms with E-state index in [0.29, 0.717) is 6.54 Å². The number of amides is 1. The molecule has 110 valence electrons. The maximum Gasteiger partial charge on any atom is 0.262 e. The summed E-state index contributed by atoms with van der Waals surface area (Å²) in [5, 5.41) is 0. The summed E-state index contributed by atoms with van der Waals surface area (Å²) in [5.74, 6) is -1.22. The molecule has 1 saturated carbocycles. The zero-order valence-electron chi connectivity index (χ0n) is 10.6. The smallest absolute Gasteiger partial charge is 0.262 e. The summed E-state index contributed by atoms with van der Waals surface area (Å²) in [7, 11) is 1.12. The van der Waals surface area contributed by atoms with Gasteiger partial charge >= 0.3 is 0 Å². The van der Waals surface area contributed by atoms with E-state index in [0.717, 1.165) is 25.0 Å². The molecule has 0 saturated heterocycles.